The van der Waals surface area contributed by atoms with Crippen LogP contribution in [0.2, 0.25) is 5.02 Å². The molecule has 2 rings (SSSR count). The Balaban J connectivity index is 2.27. The van der Waals surface area contributed by atoms with Crippen LogP contribution in [0.5, 0.6) is 0 Å². The fraction of sp³-hybridized carbons (Fsp3) is 0.294. The van der Waals surface area contributed by atoms with Gasteiger partial charge in [-0.3, -0.25) is 0 Å². The first-order valence-corrected chi connectivity index (χ1v) is 7.34. The molecule has 20 heavy (non-hydrogen) atoms. The minimum absolute atomic E-state index is 0.787. The van der Waals surface area contributed by atoms with Gasteiger partial charge >= 0.3 is 0 Å². The first kappa shape index (κ1) is 14.9. The summed E-state index contributed by atoms with van der Waals surface area (Å²) in [6.07, 6.45) is 0. The minimum atomic E-state index is 0.787. The third kappa shape index (κ3) is 3.75. The lowest BCUT2D eigenvalue weighted by Crippen LogP contribution is -2.24. The minimum Gasteiger partial charge on any atom is -0.367 e. The van der Waals surface area contributed by atoms with E-state index in [4.69, 9.17) is 11.6 Å². The number of nitrogens with one attached hydrogen (secondary N) is 1. The van der Waals surface area contributed by atoms with Crippen LogP contribution in [0.3, 0.4) is 0 Å². The summed E-state index contributed by atoms with van der Waals surface area (Å²) in [5.74, 6) is 0. The highest BCUT2D eigenvalue weighted by atomic mass is 35.5. The lowest BCUT2D eigenvalue weighted by molar-refractivity contribution is 0.785. The summed E-state index contributed by atoms with van der Waals surface area (Å²) in [4.78, 5) is 2.37. The lowest BCUT2D eigenvalue weighted by Gasteiger charge is -2.26. The van der Waals surface area contributed by atoms with Crippen LogP contribution in [0.4, 0.5) is 5.69 Å². The first-order chi connectivity index (χ1) is 9.74. The van der Waals surface area contributed by atoms with Gasteiger partial charge in [0.25, 0.3) is 0 Å². The second kappa shape index (κ2) is 7.32. The third-order valence-corrected chi connectivity index (χ3v) is 3.58. The highest BCUT2D eigenvalue weighted by Gasteiger charge is 2.10. The molecular formula is C17H21ClN2. The topological polar surface area (TPSA) is 15.3 Å². The van der Waals surface area contributed by atoms with E-state index in [1.54, 1.807) is 0 Å². The Morgan fingerprint density at radius 1 is 1.10 bits per heavy atom. The van der Waals surface area contributed by atoms with Gasteiger partial charge in [-0.2, -0.15) is 0 Å². The number of benzene rings is 2. The average Bonchev–Trinajstić information content (AvgIpc) is 2.47. The van der Waals surface area contributed by atoms with Gasteiger partial charge in [-0.15, -0.1) is 0 Å². The van der Waals surface area contributed by atoms with E-state index in [0.717, 1.165) is 24.7 Å². The summed E-state index contributed by atoms with van der Waals surface area (Å²) in [5, 5.41) is 4.00. The number of hydrogen-bond donors (Lipinski definition) is 1. The molecule has 0 spiro atoms. The second-order valence-corrected chi connectivity index (χ2v) is 5.24. The molecule has 0 radical (unpaired) electrons. The van der Waals surface area contributed by atoms with Crippen molar-refractivity contribution < 1.29 is 0 Å². The van der Waals surface area contributed by atoms with Crippen molar-refractivity contribution in [1.29, 1.82) is 0 Å². The van der Waals surface area contributed by atoms with E-state index in [9.17, 15) is 0 Å². The molecule has 3 heteroatoms. The zero-order valence-electron chi connectivity index (χ0n) is 12.1. The monoisotopic (exact) mass is 288 g/mol. The van der Waals surface area contributed by atoms with Crippen molar-refractivity contribution in [3.8, 4) is 0 Å². The standard InChI is InChI=1S/C17H21ClN2/c1-3-20(13-14-7-5-4-6-8-14)17-10-9-16(18)11-15(17)12-19-2/h4-11,19H,3,12-13H2,1-2H3. The van der Waals surface area contributed by atoms with Crippen molar-refractivity contribution in [1.82, 2.24) is 5.32 Å². The molecule has 0 unspecified atom stereocenters. The van der Waals surface area contributed by atoms with E-state index in [-0.39, 0.29) is 0 Å². The van der Waals surface area contributed by atoms with E-state index >= 15 is 0 Å². The molecule has 0 fully saturated rings. The molecule has 0 heterocycles. The van der Waals surface area contributed by atoms with Crippen molar-refractivity contribution in [2.24, 2.45) is 0 Å². The molecule has 0 aliphatic rings. The summed E-state index contributed by atoms with van der Waals surface area (Å²) in [6.45, 7) is 4.88. The summed E-state index contributed by atoms with van der Waals surface area (Å²) in [5.41, 5.74) is 3.80. The van der Waals surface area contributed by atoms with Crippen molar-refractivity contribution in [2.75, 3.05) is 18.5 Å². The molecule has 0 aliphatic carbocycles. The molecule has 0 saturated carbocycles. The van der Waals surface area contributed by atoms with Crippen molar-refractivity contribution in [3.63, 3.8) is 0 Å². The van der Waals surface area contributed by atoms with Gasteiger partial charge in [0.05, 0.1) is 0 Å². The molecule has 0 aliphatic heterocycles. The number of anilines is 1. The van der Waals surface area contributed by atoms with Crippen LogP contribution >= 0.6 is 11.6 Å². The lowest BCUT2D eigenvalue weighted by atomic mass is 10.1. The number of rotatable bonds is 6. The summed E-state index contributed by atoms with van der Waals surface area (Å²) in [6, 6.07) is 16.7. The SMILES string of the molecule is CCN(Cc1ccccc1)c1ccc(Cl)cc1CNC. The van der Waals surface area contributed by atoms with Gasteiger partial charge in [0.2, 0.25) is 0 Å². The molecule has 0 amide bonds. The van der Waals surface area contributed by atoms with E-state index in [1.807, 2.05) is 19.2 Å². The van der Waals surface area contributed by atoms with Crippen molar-refractivity contribution >= 4 is 17.3 Å². The fourth-order valence-electron chi connectivity index (χ4n) is 2.37. The van der Waals surface area contributed by atoms with Crippen LogP contribution < -0.4 is 10.2 Å². The molecule has 0 bridgehead atoms. The maximum atomic E-state index is 6.11. The van der Waals surface area contributed by atoms with Gasteiger partial charge in [0.15, 0.2) is 0 Å². The maximum absolute atomic E-state index is 6.11. The molecule has 2 aromatic rings. The molecule has 2 aromatic carbocycles. The average molecular weight is 289 g/mol. The van der Waals surface area contributed by atoms with Crippen LogP contribution in [-0.4, -0.2) is 13.6 Å². The third-order valence-electron chi connectivity index (χ3n) is 3.35. The van der Waals surface area contributed by atoms with Gasteiger partial charge < -0.3 is 10.2 Å². The Labute approximate surface area is 126 Å². The maximum Gasteiger partial charge on any atom is 0.0429 e. The van der Waals surface area contributed by atoms with Crippen molar-refractivity contribution in [2.45, 2.75) is 20.0 Å². The summed E-state index contributed by atoms with van der Waals surface area (Å²) in [7, 11) is 1.96. The molecule has 0 aromatic heterocycles. The predicted octanol–water partition coefficient (Wildman–Crippen LogP) is 4.09. The van der Waals surface area contributed by atoms with Crippen LogP contribution in [0.25, 0.3) is 0 Å². The zero-order valence-corrected chi connectivity index (χ0v) is 12.8. The molecule has 106 valence electrons. The van der Waals surface area contributed by atoms with Gasteiger partial charge in [-0.1, -0.05) is 41.9 Å². The smallest absolute Gasteiger partial charge is 0.0429 e. The van der Waals surface area contributed by atoms with E-state index < -0.39 is 0 Å². The van der Waals surface area contributed by atoms with E-state index in [1.165, 1.54) is 16.8 Å². The Morgan fingerprint density at radius 3 is 2.50 bits per heavy atom. The molecule has 1 N–H and O–H groups in total. The summed E-state index contributed by atoms with van der Waals surface area (Å²) < 4.78 is 0. The largest absolute Gasteiger partial charge is 0.367 e. The highest BCUT2D eigenvalue weighted by Crippen LogP contribution is 2.25. The fourth-order valence-corrected chi connectivity index (χ4v) is 2.56. The number of hydrogen-bond acceptors (Lipinski definition) is 2. The number of nitrogens with zero attached hydrogens (tertiary/aromatic N) is 1. The predicted molar refractivity (Wildman–Crippen MR) is 87.4 cm³/mol. The Morgan fingerprint density at radius 2 is 1.85 bits per heavy atom. The van der Waals surface area contributed by atoms with Gasteiger partial charge in [0, 0.05) is 30.3 Å². The molecule has 0 saturated heterocycles. The zero-order chi connectivity index (χ0) is 14.4. The Bertz CT molecular complexity index is 540. The Hall–Kier alpha value is -1.51. The van der Waals surface area contributed by atoms with Crippen LogP contribution in [0.15, 0.2) is 48.5 Å². The molecule has 2 nitrogen and oxygen atoms in total. The van der Waals surface area contributed by atoms with Gasteiger partial charge in [-0.25, -0.2) is 0 Å². The summed E-state index contributed by atoms with van der Waals surface area (Å²) >= 11 is 6.11. The second-order valence-electron chi connectivity index (χ2n) is 4.80. The Kier molecular flexibility index (Phi) is 5.45. The van der Waals surface area contributed by atoms with Gasteiger partial charge in [-0.05, 0) is 43.3 Å². The van der Waals surface area contributed by atoms with E-state index in [0.29, 0.717) is 0 Å². The van der Waals surface area contributed by atoms with Gasteiger partial charge in [0.1, 0.15) is 0 Å². The number of halogens is 1. The first-order valence-electron chi connectivity index (χ1n) is 6.96. The van der Waals surface area contributed by atoms with Crippen LogP contribution in [0.1, 0.15) is 18.1 Å². The van der Waals surface area contributed by atoms with Crippen LogP contribution in [-0.2, 0) is 13.1 Å². The molecular weight excluding hydrogens is 268 g/mol. The molecule has 0 atom stereocenters. The normalized spacial score (nSPS) is 10.6. The van der Waals surface area contributed by atoms with Crippen LogP contribution in [0, 0.1) is 0 Å². The highest BCUT2D eigenvalue weighted by molar-refractivity contribution is 6.30. The van der Waals surface area contributed by atoms with Crippen molar-refractivity contribution in [3.05, 3.63) is 64.7 Å². The van der Waals surface area contributed by atoms with E-state index in [2.05, 4.69) is 53.5 Å². The quantitative estimate of drug-likeness (QED) is 0.861.